The van der Waals surface area contributed by atoms with Crippen molar-refractivity contribution < 1.29 is 9.21 Å². The number of rotatable bonds is 4. The zero-order valence-electron chi connectivity index (χ0n) is 11.5. The first kappa shape index (κ1) is 13.3. The summed E-state index contributed by atoms with van der Waals surface area (Å²) in [5, 5.41) is 2.90. The lowest BCUT2D eigenvalue weighted by Gasteiger charge is -2.07. The minimum absolute atomic E-state index is 0.0532. The third-order valence-electron chi connectivity index (χ3n) is 3.06. The maximum atomic E-state index is 11.9. The van der Waals surface area contributed by atoms with Crippen molar-refractivity contribution in [2.24, 2.45) is 0 Å². The Morgan fingerprint density at radius 2 is 2.00 bits per heavy atom. The predicted octanol–water partition coefficient (Wildman–Crippen LogP) is 2.46. The van der Waals surface area contributed by atoms with Gasteiger partial charge in [-0.2, -0.15) is 0 Å². The summed E-state index contributed by atoms with van der Waals surface area (Å²) >= 11 is 0. The Bertz CT molecular complexity index is 588. The highest BCUT2D eigenvalue weighted by atomic mass is 16.4. The molecule has 0 saturated heterocycles. The lowest BCUT2D eigenvalue weighted by molar-refractivity contribution is -0.120. The Morgan fingerprint density at radius 3 is 2.63 bits per heavy atom. The fraction of sp³-hybridized carbons (Fsp3) is 0.333. The Kier molecular flexibility index (Phi) is 4.00. The molecule has 4 heteroatoms. The van der Waals surface area contributed by atoms with E-state index in [2.05, 4.69) is 10.3 Å². The van der Waals surface area contributed by atoms with Crippen LogP contribution in [-0.4, -0.2) is 10.9 Å². The fourth-order valence-electron chi connectivity index (χ4n) is 1.95. The molecule has 0 atom stereocenters. The molecule has 0 unspecified atom stereocenters. The van der Waals surface area contributed by atoms with E-state index >= 15 is 0 Å². The smallest absolute Gasteiger partial charge is 0.227 e. The van der Waals surface area contributed by atoms with Gasteiger partial charge in [0.15, 0.2) is 5.89 Å². The first-order chi connectivity index (χ1) is 9.06. The van der Waals surface area contributed by atoms with Gasteiger partial charge < -0.3 is 9.73 Å². The van der Waals surface area contributed by atoms with Crippen LogP contribution in [0.4, 0.5) is 0 Å². The molecule has 0 fully saturated rings. The summed E-state index contributed by atoms with van der Waals surface area (Å²) in [4.78, 5) is 16.0. The number of nitrogens with zero attached hydrogens (tertiary/aromatic N) is 1. The van der Waals surface area contributed by atoms with Crippen LogP contribution in [0, 0.1) is 20.8 Å². The highest BCUT2D eigenvalue weighted by Crippen LogP contribution is 2.10. The number of amides is 1. The van der Waals surface area contributed by atoms with Crippen LogP contribution >= 0.6 is 0 Å². The molecule has 0 saturated carbocycles. The number of hydrogen-bond donors (Lipinski definition) is 1. The predicted molar refractivity (Wildman–Crippen MR) is 72.7 cm³/mol. The number of aromatic nitrogens is 1. The highest BCUT2D eigenvalue weighted by molar-refractivity contribution is 5.78. The van der Waals surface area contributed by atoms with E-state index in [4.69, 9.17) is 4.42 Å². The second-order valence-electron chi connectivity index (χ2n) is 4.62. The van der Waals surface area contributed by atoms with Gasteiger partial charge in [-0.3, -0.25) is 4.79 Å². The molecule has 1 aromatic carbocycles. The van der Waals surface area contributed by atoms with E-state index in [1.54, 1.807) is 6.92 Å². The zero-order valence-corrected chi connectivity index (χ0v) is 11.5. The summed E-state index contributed by atoms with van der Waals surface area (Å²) in [5.74, 6) is 1.18. The van der Waals surface area contributed by atoms with Crippen LogP contribution in [0.2, 0.25) is 0 Å². The molecule has 0 aliphatic carbocycles. The molecular formula is C15H18N2O2. The Balaban J connectivity index is 1.92. The third-order valence-corrected chi connectivity index (χ3v) is 3.06. The van der Waals surface area contributed by atoms with Gasteiger partial charge in [0.25, 0.3) is 0 Å². The van der Waals surface area contributed by atoms with Crippen molar-refractivity contribution in [1.82, 2.24) is 10.3 Å². The lowest BCUT2D eigenvalue weighted by atomic mass is 10.1. The van der Waals surface area contributed by atoms with Crippen LogP contribution in [0.15, 0.2) is 28.7 Å². The van der Waals surface area contributed by atoms with Gasteiger partial charge in [-0.1, -0.05) is 24.3 Å². The molecule has 0 bridgehead atoms. The normalized spacial score (nSPS) is 10.5. The van der Waals surface area contributed by atoms with Crippen molar-refractivity contribution in [1.29, 1.82) is 0 Å². The van der Waals surface area contributed by atoms with Crippen molar-refractivity contribution in [3.8, 4) is 0 Å². The number of oxazole rings is 1. The second kappa shape index (κ2) is 5.69. The first-order valence-electron chi connectivity index (χ1n) is 6.30. The van der Waals surface area contributed by atoms with Crippen LogP contribution in [0.1, 0.15) is 28.5 Å². The van der Waals surface area contributed by atoms with Gasteiger partial charge in [-0.15, -0.1) is 0 Å². The summed E-state index contributed by atoms with van der Waals surface area (Å²) in [6, 6.07) is 8.00. The number of benzene rings is 1. The van der Waals surface area contributed by atoms with Gasteiger partial charge in [0.1, 0.15) is 5.76 Å². The fourth-order valence-corrected chi connectivity index (χ4v) is 1.95. The summed E-state index contributed by atoms with van der Waals surface area (Å²) in [6.07, 6.45) is 0.235. The monoisotopic (exact) mass is 258 g/mol. The Morgan fingerprint density at radius 1 is 1.26 bits per heavy atom. The van der Waals surface area contributed by atoms with E-state index in [9.17, 15) is 4.79 Å². The number of aryl methyl sites for hydroxylation is 3. The Hall–Kier alpha value is -2.10. The summed E-state index contributed by atoms with van der Waals surface area (Å²) in [5.41, 5.74) is 3.08. The van der Waals surface area contributed by atoms with Crippen molar-refractivity contribution in [3.63, 3.8) is 0 Å². The van der Waals surface area contributed by atoms with E-state index in [1.807, 2.05) is 38.1 Å². The number of carbonyl (C=O) groups is 1. The van der Waals surface area contributed by atoms with Gasteiger partial charge in [-0.25, -0.2) is 4.98 Å². The van der Waals surface area contributed by atoms with Crippen molar-refractivity contribution in [2.75, 3.05) is 0 Å². The summed E-state index contributed by atoms with van der Waals surface area (Å²) in [6.45, 7) is 6.20. The molecule has 1 N–H and O–H groups in total. The van der Waals surface area contributed by atoms with Gasteiger partial charge in [-0.05, 0) is 25.0 Å². The van der Waals surface area contributed by atoms with Gasteiger partial charge in [0.2, 0.25) is 5.91 Å². The van der Waals surface area contributed by atoms with Crippen LogP contribution in [0.25, 0.3) is 0 Å². The van der Waals surface area contributed by atoms with E-state index in [0.717, 1.165) is 11.3 Å². The molecular weight excluding hydrogens is 240 g/mol. The van der Waals surface area contributed by atoms with Crippen molar-refractivity contribution in [2.45, 2.75) is 33.7 Å². The van der Waals surface area contributed by atoms with Crippen molar-refractivity contribution >= 4 is 5.91 Å². The first-order valence-corrected chi connectivity index (χ1v) is 6.30. The molecule has 1 aromatic heterocycles. The summed E-state index contributed by atoms with van der Waals surface area (Å²) in [7, 11) is 0. The van der Waals surface area contributed by atoms with E-state index < -0.39 is 0 Å². The van der Waals surface area contributed by atoms with Crippen molar-refractivity contribution in [3.05, 3.63) is 52.7 Å². The SMILES string of the molecule is Cc1nc(C)c(CC(=O)NCc2ccccc2C)o1. The maximum absolute atomic E-state index is 11.9. The highest BCUT2D eigenvalue weighted by Gasteiger charge is 2.11. The molecule has 2 rings (SSSR count). The largest absolute Gasteiger partial charge is 0.445 e. The average Bonchev–Trinajstić information content (AvgIpc) is 2.67. The minimum Gasteiger partial charge on any atom is -0.445 e. The molecule has 0 aliphatic heterocycles. The number of hydrogen-bond acceptors (Lipinski definition) is 3. The zero-order chi connectivity index (χ0) is 13.8. The molecule has 1 amide bonds. The second-order valence-corrected chi connectivity index (χ2v) is 4.62. The molecule has 19 heavy (non-hydrogen) atoms. The molecule has 1 heterocycles. The standard InChI is InChI=1S/C15H18N2O2/c1-10-6-4-5-7-13(10)9-16-15(18)8-14-11(2)17-12(3)19-14/h4-7H,8-9H2,1-3H3,(H,16,18). The quantitative estimate of drug-likeness (QED) is 0.916. The lowest BCUT2D eigenvalue weighted by Crippen LogP contribution is -2.25. The number of nitrogens with one attached hydrogen (secondary N) is 1. The molecule has 0 radical (unpaired) electrons. The third kappa shape index (κ3) is 3.44. The molecule has 0 spiro atoms. The molecule has 100 valence electrons. The number of carbonyl (C=O) groups excluding carboxylic acids is 1. The van der Waals surface area contributed by atoms with E-state index in [1.165, 1.54) is 5.56 Å². The van der Waals surface area contributed by atoms with Gasteiger partial charge in [0, 0.05) is 13.5 Å². The Labute approximate surface area is 112 Å². The van der Waals surface area contributed by atoms with Crippen LogP contribution < -0.4 is 5.32 Å². The maximum Gasteiger partial charge on any atom is 0.227 e. The van der Waals surface area contributed by atoms with Gasteiger partial charge >= 0.3 is 0 Å². The average molecular weight is 258 g/mol. The van der Waals surface area contributed by atoms with E-state index in [0.29, 0.717) is 18.2 Å². The van der Waals surface area contributed by atoms with Gasteiger partial charge in [0.05, 0.1) is 12.1 Å². The van der Waals surface area contributed by atoms with E-state index in [-0.39, 0.29) is 12.3 Å². The van der Waals surface area contributed by atoms with Crippen LogP contribution in [-0.2, 0) is 17.8 Å². The van der Waals surface area contributed by atoms with Crippen LogP contribution in [0.3, 0.4) is 0 Å². The molecule has 2 aromatic rings. The van der Waals surface area contributed by atoms with Crippen LogP contribution in [0.5, 0.6) is 0 Å². The summed E-state index contributed by atoms with van der Waals surface area (Å²) < 4.78 is 5.39. The minimum atomic E-state index is -0.0532. The molecule has 0 aliphatic rings. The topological polar surface area (TPSA) is 55.1 Å². The molecule has 4 nitrogen and oxygen atoms in total.